The summed E-state index contributed by atoms with van der Waals surface area (Å²) in [5.74, 6) is -0.358. The number of rotatable bonds is 2. The molecule has 1 N–H and O–H groups in total. The fourth-order valence-electron chi connectivity index (χ4n) is 3.18. The molecule has 3 heterocycles. The van der Waals surface area contributed by atoms with Crippen molar-refractivity contribution in [2.75, 3.05) is 11.9 Å². The molecule has 2 aromatic carbocycles. The number of amides is 2. The summed E-state index contributed by atoms with van der Waals surface area (Å²) >= 11 is 6.95. The van der Waals surface area contributed by atoms with Crippen LogP contribution in [0.1, 0.15) is 5.56 Å². The number of fused-ring (bicyclic) bond motifs is 1. The van der Waals surface area contributed by atoms with E-state index in [-0.39, 0.29) is 27.9 Å². The second-order valence-corrected chi connectivity index (χ2v) is 7.89. The number of thioether (sulfide) groups is 1. The van der Waals surface area contributed by atoms with Crippen molar-refractivity contribution in [1.82, 2.24) is 15.5 Å². The van der Waals surface area contributed by atoms with E-state index in [9.17, 15) is 9.59 Å². The Bertz CT molecular complexity index is 1270. The van der Waals surface area contributed by atoms with Crippen molar-refractivity contribution < 1.29 is 14.0 Å². The van der Waals surface area contributed by atoms with Crippen LogP contribution in [0.5, 0.6) is 0 Å². The standard InChI is InChI=1S/C20H12ClN5O3S/c1-26-13-5-3-2-4-12(13)14(18(26)28)15-16(27)22-20(30-15)23-19-25-24-17(29-19)10-6-8-11(21)9-7-10/h2-9H,1H3,(H,22,23,25,27)/b15-14-. The summed E-state index contributed by atoms with van der Waals surface area (Å²) in [7, 11) is 1.68. The maximum Gasteiger partial charge on any atom is 0.345 e. The summed E-state index contributed by atoms with van der Waals surface area (Å²) < 4.78 is 5.55. The van der Waals surface area contributed by atoms with Crippen molar-refractivity contribution in [3.63, 3.8) is 0 Å². The number of carbonyl (C=O) groups is 2. The predicted molar refractivity (Wildman–Crippen MR) is 114 cm³/mol. The van der Waals surface area contributed by atoms with Gasteiger partial charge in [-0.15, -0.1) is 5.10 Å². The average molecular weight is 438 g/mol. The lowest BCUT2D eigenvalue weighted by atomic mass is 10.1. The first-order valence-electron chi connectivity index (χ1n) is 8.80. The Morgan fingerprint density at radius 2 is 1.87 bits per heavy atom. The summed E-state index contributed by atoms with van der Waals surface area (Å²) in [5, 5.41) is 11.4. The highest BCUT2D eigenvalue weighted by Gasteiger charge is 2.37. The number of benzene rings is 2. The minimum atomic E-state index is -0.398. The minimum Gasteiger partial charge on any atom is -0.402 e. The molecule has 5 rings (SSSR count). The van der Waals surface area contributed by atoms with Crippen LogP contribution in [0.15, 0.2) is 62.8 Å². The number of nitrogens with zero attached hydrogens (tertiary/aromatic N) is 4. The lowest BCUT2D eigenvalue weighted by Crippen LogP contribution is -2.23. The predicted octanol–water partition coefficient (Wildman–Crippen LogP) is 3.63. The number of para-hydroxylation sites is 1. The number of nitrogens with one attached hydrogen (secondary N) is 1. The van der Waals surface area contributed by atoms with Gasteiger partial charge in [-0.1, -0.05) is 34.9 Å². The Kier molecular flexibility index (Phi) is 4.41. The van der Waals surface area contributed by atoms with Crippen molar-refractivity contribution in [2.24, 2.45) is 4.99 Å². The normalized spacial score (nSPS) is 19.5. The zero-order chi connectivity index (χ0) is 20.8. The maximum absolute atomic E-state index is 12.7. The molecule has 10 heteroatoms. The molecule has 0 atom stereocenters. The highest BCUT2D eigenvalue weighted by molar-refractivity contribution is 8.18. The monoisotopic (exact) mass is 437 g/mol. The number of halogens is 1. The van der Waals surface area contributed by atoms with E-state index in [1.807, 2.05) is 24.3 Å². The van der Waals surface area contributed by atoms with E-state index in [0.29, 0.717) is 21.7 Å². The van der Waals surface area contributed by atoms with Gasteiger partial charge in [0.25, 0.3) is 11.8 Å². The summed E-state index contributed by atoms with van der Waals surface area (Å²) in [6, 6.07) is 14.2. The van der Waals surface area contributed by atoms with Crippen LogP contribution in [0, 0.1) is 0 Å². The fraction of sp³-hybridized carbons (Fsp3) is 0.0500. The number of hydrogen-bond acceptors (Lipinski definition) is 7. The van der Waals surface area contributed by atoms with Gasteiger partial charge in [0.2, 0.25) is 5.89 Å². The van der Waals surface area contributed by atoms with Gasteiger partial charge in [-0.05, 0) is 42.1 Å². The molecule has 2 aliphatic rings. The maximum atomic E-state index is 12.7. The number of carbonyl (C=O) groups excluding carboxylic acids is 2. The second kappa shape index (κ2) is 7.12. The molecule has 0 bridgehead atoms. The lowest BCUT2D eigenvalue weighted by Gasteiger charge is -2.08. The highest BCUT2D eigenvalue weighted by Crippen LogP contribution is 2.42. The van der Waals surface area contributed by atoms with E-state index in [0.717, 1.165) is 17.4 Å². The number of likely N-dealkylation sites (N-methyl/N-ethyl adjacent to an activating group) is 1. The summed E-state index contributed by atoms with van der Waals surface area (Å²) in [6.07, 6.45) is 0. The van der Waals surface area contributed by atoms with Gasteiger partial charge in [0.05, 0.1) is 16.2 Å². The van der Waals surface area contributed by atoms with Crippen LogP contribution in [0.25, 0.3) is 17.0 Å². The molecule has 3 aromatic rings. The first-order chi connectivity index (χ1) is 14.5. The van der Waals surface area contributed by atoms with Gasteiger partial charge >= 0.3 is 6.01 Å². The molecule has 0 spiro atoms. The molecule has 1 saturated heterocycles. The molecule has 8 nitrogen and oxygen atoms in total. The van der Waals surface area contributed by atoms with Crippen molar-refractivity contribution in [3.8, 4) is 11.5 Å². The zero-order valence-corrected chi connectivity index (χ0v) is 17.0. The van der Waals surface area contributed by atoms with E-state index >= 15 is 0 Å². The van der Waals surface area contributed by atoms with Gasteiger partial charge in [-0.25, -0.2) is 0 Å². The van der Waals surface area contributed by atoms with E-state index in [2.05, 4.69) is 20.5 Å². The van der Waals surface area contributed by atoms with E-state index in [1.54, 1.807) is 31.3 Å². The number of amidine groups is 1. The molecule has 0 aliphatic carbocycles. The van der Waals surface area contributed by atoms with Crippen molar-refractivity contribution >= 4 is 57.6 Å². The van der Waals surface area contributed by atoms with Gasteiger partial charge in [0.1, 0.15) is 0 Å². The van der Waals surface area contributed by atoms with Gasteiger partial charge in [-0.2, -0.15) is 4.99 Å². The molecular weight excluding hydrogens is 426 g/mol. The van der Waals surface area contributed by atoms with Crippen LogP contribution in [0.3, 0.4) is 0 Å². The number of anilines is 1. The zero-order valence-electron chi connectivity index (χ0n) is 15.4. The van der Waals surface area contributed by atoms with Gasteiger partial charge in [0, 0.05) is 23.2 Å². The molecule has 1 aromatic heterocycles. The quantitative estimate of drug-likeness (QED) is 0.614. The Labute approximate surface area is 179 Å². The molecule has 148 valence electrons. The van der Waals surface area contributed by atoms with Crippen molar-refractivity contribution in [3.05, 3.63) is 64.0 Å². The third-order valence-corrected chi connectivity index (χ3v) is 5.84. The van der Waals surface area contributed by atoms with Crippen LogP contribution >= 0.6 is 23.4 Å². The molecule has 2 amide bonds. The average Bonchev–Trinajstić information content (AvgIpc) is 3.41. The first kappa shape index (κ1) is 18.6. The third-order valence-electron chi connectivity index (χ3n) is 4.61. The molecule has 0 unspecified atom stereocenters. The summed E-state index contributed by atoms with van der Waals surface area (Å²) in [4.78, 5) is 31.3. The van der Waals surface area contributed by atoms with E-state index in [1.165, 1.54) is 4.90 Å². The van der Waals surface area contributed by atoms with Gasteiger partial charge in [0.15, 0.2) is 5.17 Å². The second-order valence-electron chi connectivity index (χ2n) is 6.46. The fourth-order valence-corrected chi connectivity index (χ4v) is 4.21. The third kappa shape index (κ3) is 3.08. The van der Waals surface area contributed by atoms with Crippen LogP contribution in [-0.2, 0) is 9.59 Å². The van der Waals surface area contributed by atoms with Gasteiger partial charge in [-0.3, -0.25) is 9.59 Å². The molecule has 0 saturated carbocycles. The van der Waals surface area contributed by atoms with Crippen molar-refractivity contribution in [2.45, 2.75) is 0 Å². The SMILES string of the molecule is CN1C(=O)/C(=C2\S/C(=N/c3nnc(-c4ccc(Cl)cc4)o3)NC2=O)c2ccccc21. The summed E-state index contributed by atoms with van der Waals surface area (Å²) in [5.41, 5.74) is 2.52. The van der Waals surface area contributed by atoms with Crippen LogP contribution in [0.4, 0.5) is 11.7 Å². The Morgan fingerprint density at radius 3 is 2.67 bits per heavy atom. The topological polar surface area (TPSA) is 101 Å². The summed E-state index contributed by atoms with van der Waals surface area (Å²) in [6.45, 7) is 0. The largest absolute Gasteiger partial charge is 0.402 e. The number of aliphatic imine (C=N–C) groups is 1. The molecule has 30 heavy (non-hydrogen) atoms. The molecule has 2 aliphatic heterocycles. The van der Waals surface area contributed by atoms with Crippen LogP contribution in [-0.4, -0.2) is 34.2 Å². The van der Waals surface area contributed by atoms with Gasteiger partial charge < -0.3 is 14.6 Å². The molecular formula is C20H12ClN5O3S. The van der Waals surface area contributed by atoms with Crippen LogP contribution < -0.4 is 10.2 Å². The lowest BCUT2D eigenvalue weighted by molar-refractivity contribution is -0.116. The Hall–Kier alpha value is -3.43. The Balaban J connectivity index is 1.46. The number of aromatic nitrogens is 2. The smallest absolute Gasteiger partial charge is 0.345 e. The molecule has 1 fully saturated rings. The number of hydrogen-bond donors (Lipinski definition) is 1. The Morgan fingerprint density at radius 1 is 1.10 bits per heavy atom. The first-order valence-corrected chi connectivity index (χ1v) is 10.00. The van der Waals surface area contributed by atoms with Crippen molar-refractivity contribution in [1.29, 1.82) is 0 Å². The van der Waals surface area contributed by atoms with E-state index < -0.39 is 5.91 Å². The van der Waals surface area contributed by atoms with Crippen LogP contribution in [0.2, 0.25) is 5.02 Å². The molecule has 0 radical (unpaired) electrons. The highest BCUT2D eigenvalue weighted by atomic mass is 35.5. The minimum absolute atomic E-state index is 0.00994. The van der Waals surface area contributed by atoms with E-state index in [4.69, 9.17) is 16.0 Å².